The molecule has 2 nitrogen and oxygen atoms in total. The maximum absolute atomic E-state index is 13.0. The van der Waals surface area contributed by atoms with Crippen LogP contribution in [0.3, 0.4) is 0 Å². The molecule has 0 spiro atoms. The Kier molecular flexibility index (Phi) is 8.00. The summed E-state index contributed by atoms with van der Waals surface area (Å²) in [5, 5.41) is 0. The summed E-state index contributed by atoms with van der Waals surface area (Å²) in [7, 11) is 0. The van der Waals surface area contributed by atoms with Crippen LogP contribution in [-0.4, -0.2) is 12.3 Å². The Morgan fingerprint density at radius 1 is 1.35 bits per heavy atom. The van der Waals surface area contributed by atoms with Crippen molar-refractivity contribution in [1.29, 1.82) is 0 Å². The van der Waals surface area contributed by atoms with Crippen molar-refractivity contribution in [1.82, 2.24) is 0 Å². The summed E-state index contributed by atoms with van der Waals surface area (Å²) in [6.45, 7) is 2.84. The van der Waals surface area contributed by atoms with Crippen molar-refractivity contribution >= 4 is 21.7 Å². The Morgan fingerprint density at radius 3 is 2.70 bits per heavy atom. The third kappa shape index (κ3) is 6.14. The number of benzene rings is 1. The lowest BCUT2D eigenvalue weighted by molar-refractivity contribution is -0.118. The van der Waals surface area contributed by atoms with E-state index in [0.717, 1.165) is 31.2 Å². The highest BCUT2D eigenvalue weighted by molar-refractivity contribution is 9.10. The molecule has 2 N–H and O–H groups in total. The number of carbonyl (C=O) groups is 1. The van der Waals surface area contributed by atoms with Gasteiger partial charge in [-0.25, -0.2) is 4.39 Å². The number of rotatable bonds is 9. The van der Waals surface area contributed by atoms with Crippen LogP contribution in [0.5, 0.6) is 0 Å². The van der Waals surface area contributed by atoms with E-state index >= 15 is 0 Å². The van der Waals surface area contributed by atoms with Crippen LogP contribution < -0.4 is 5.73 Å². The Labute approximate surface area is 129 Å². The van der Waals surface area contributed by atoms with Crippen LogP contribution in [-0.2, 0) is 11.2 Å². The van der Waals surface area contributed by atoms with Crippen LogP contribution in [0.25, 0.3) is 0 Å². The van der Waals surface area contributed by atoms with Crippen LogP contribution in [0.2, 0.25) is 0 Å². The first-order valence-electron chi connectivity index (χ1n) is 7.22. The molecule has 0 saturated heterocycles. The van der Waals surface area contributed by atoms with Crippen molar-refractivity contribution in [3.63, 3.8) is 0 Å². The molecule has 0 radical (unpaired) electrons. The van der Waals surface area contributed by atoms with Gasteiger partial charge in [-0.15, -0.1) is 0 Å². The summed E-state index contributed by atoms with van der Waals surface area (Å²) in [6.07, 6.45) is 5.09. The lowest BCUT2D eigenvalue weighted by atomic mass is 9.92. The highest BCUT2D eigenvalue weighted by Gasteiger charge is 2.12. The molecular formula is C16H23BrFNO. The third-order valence-corrected chi connectivity index (χ3v) is 4.24. The average Bonchev–Trinajstić information content (AvgIpc) is 2.40. The Hall–Kier alpha value is -0.740. The van der Waals surface area contributed by atoms with Gasteiger partial charge in [-0.1, -0.05) is 41.8 Å². The van der Waals surface area contributed by atoms with Gasteiger partial charge in [-0.05, 0) is 43.0 Å². The SMILES string of the molecule is CCCC(CCN)CCC(=O)Cc1ccc(F)cc1Br. The fourth-order valence-corrected chi connectivity index (χ4v) is 2.90. The van der Waals surface area contributed by atoms with Gasteiger partial charge in [0.1, 0.15) is 11.6 Å². The molecule has 1 rings (SSSR count). The number of halogens is 2. The summed E-state index contributed by atoms with van der Waals surface area (Å²) in [4.78, 5) is 12.0. The van der Waals surface area contributed by atoms with E-state index in [-0.39, 0.29) is 11.6 Å². The largest absolute Gasteiger partial charge is 0.330 e. The number of nitrogens with two attached hydrogens (primary N) is 1. The zero-order valence-corrected chi connectivity index (χ0v) is 13.6. The van der Waals surface area contributed by atoms with E-state index in [4.69, 9.17) is 5.73 Å². The van der Waals surface area contributed by atoms with E-state index in [0.29, 0.717) is 29.8 Å². The highest BCUT2D eigenvalue weighted by Crippen LogP contribution is 2.21. The Balaban J connectivity index is 2.46. The molecule has 1 unspecified atom stereocenters. The summed E-state index contributed by atoms with van der Waals surface area (Å²) < 4.78 is 13.6. The van der Waals surface area contributed by atoms with Crippen LogP contribution in [0, 0.1) is 11.7 Å². The second-order valence-electron chi connectivity index (χ2n) is 5.22. The molecule has 1 aromatic carbocycles. The molecule has 0 saturated carbocycles. The monoisotopic (exact) mass is 343 g/mol. The number of carbonyl (C=O) groups excluding carboxylic acids is 1. The van der Waals surface area contributed by atoms with E-state index in [2.05, 4.69) is 22.9 Å². The molecule has 1 atom stereocenters. The van der Waals surface area contributed by atoms with Gasteiger partial charge < -0.3 is 5.73 Å². The van der Waals surface area contributed by atoms with Crippen LogP contribution in [0.4, 0.5) is 4.39 Å². The molecule has 0 aromatic heterocycles. The number of hydrogen-bond donors (Lipinski definition) is 1. The van der Waals surface area contributed by atoms with Gasteiger partial charge in [-0.2, -0.15) is 0 Å². The minimum atomic E-state index is -0.293. The van der Waals surface area contributed by atoms with Gasteiger partial charge in [0.2, 0.25) is 0 Å². The average molecular weight is 344 g/mol. The topological polar surface area (TPSA) is 43.1 Å². The second kappa shape index (κ2) is 9.24. The van der Waals surface area contributed by atoms with E-state index in [1.807, 2.05) is 0 Å². The number of hydrogen-bond acceptors (Lipinski definition) is 2. The lowest BCUT2D eigenvalue weighted by Gasteiger charge is -2.14. The molecular weight excluding hydrogens is 321 g/mol. The summed E-state index contributed by atoms with van der Waals surface area (Å²) in [5.41, 5.74) is 6.45. The van der Waals surface area contributed by atoms with Gasteiger partial charge in [0.05, 0.1) is 0 Å². The smallest absolute Gasteiger partial charge is 0.137 e. The van der Waals surface area contributed by atoms with Crippen molar-refractivity contribution in [2.45, 2.75) is 45.4 Å². The normalized spacial score (nSPS) is 12.4. The van der Waals surface area contributed by atoms with Gasteiger partial charge in [-0.3, -0.25) is 4.79 Å². The molecule has 112 valence electrons. The van der Waals surface area contributed by atoms with Gasteiger partial charge in [0.15, 0.2) is 0 Å². The number of ketones is 1. The Morgan fingerprint density at radius 2 is 2.10 bits per heavy atom. The maximum atomic E-state index is 13.0. The first-order chi connectivity index (χ1) is 9.56. The first kappa shape index (κ1) is 17.3. The zero-order valence-electron chi connectivity index (χ0n) is 12.0. The molecule has 4 heteroatoms. The Bertz CT molecular complexity index is 430. The quantitative estimate of drug-likeness (QED) is 0.728. The van der Waals surface area contributed by atoms with Gasteiger partial charge in [0.25, 0.3) is 0 Å². The van der Waals surface area contributed by atoms with Crippen molar-refractivity contribution in [3.05, 3.63) is 34.1 Å². The highest BCUT2D eigenvalue weighted by atomic mass is 79.9. The summed E-state index contributed by atoms with van der Waals surface area (Å²) in [5.74, 6) is 0.458. The summed E-state index contributed by atoms with van der Waals surface area (Å²) >= 11 is 3.30. The van der Waals surface area contributed by atoms with Gasteiger partial charge in [0, 0.05) is 17.3 Å². The van der Waals surface area contributed by atoms with Gasteiger partial charge >= 0.3 is 0 Å². The zero-order chi connectivity index (χ0) is 15.0. The maximum Gasteiger partial charge on any atom is 0.137 e. The molecule has 20 heavy (non-hydrogen) atoms. The molecule has 0 aliphatic rings. The predicted molar refractivity (Wildman–Crippen MR) is 84.1 cm³/mol. The van der Waals surface area contributed by atoms with Crippen molar-refractivity contribution in [2.75, 3.05) is 6.54 Å². The van der Waals surface area contributed by atoms with Crippen molar-refractivity contribution < 1.29 is 9.18 Å². The van der Waals surface area contributed by atoms with Crippen LogP contribution in [0.1, 0.15) is 44.6 Å². The molecule has 0 heterocycles. The molecule has 0 amide bonds. The minimum absolute atomic E-state index is 0.204. The molecule has 0 bridgehead atoms. The second-order valence-corrected chi connectivity index (χ2v) is 6.08. The van der Waals surface area contributed by atoms with E-state index < -0.39 is 0 Å². The van der Waals surface area contributed by atoms with Crippen molar-refractivity contribution in [2.24, 2.45) is 11.7 Å². The molecule has 0 aliphatic heterocycles. The van der Waals surface area contributed by atoms with E-state index in [1.165, 1.54) is 12.1 Å². The lowest BCUT2D eigenvalue weighted by Crippen LogP contribution is -2.12. The number of Topliss-reactive ketones (excluding diaryl/α,β-unsaturated/α-hetero) is 1. The van der Waals surface area contributed by atoms with E-state index in [1.54, 1.807) is 6.07 Å². The first-order valence-corrected chi connectivity index (χ1v) is 8.01. The third-order valence-electron chi connectivity index (χ3n) is 3.51. The molecule has 0 fully saturated rings. The fourth-order valence-electron chi connectivity index (χ4n) is 2.41. The minimum Gasteiger partial charge on any atom is -0.330 e. The predicted octanol–water partition coefficient (Wildman–Crippen LogP) is 4.25. The molecule has 0 aliphatic carbocycles. The van der Waals surface area contributed by atoms with Crippen LogP contribution >= 0.6 is 15.9 Å². The molecule has 1 aromatic rings. The standard InChI is InChI=1S/C16H23BrFNO/c1-2-3-12(8-9-19)4-7-15(20)10-13-5-6-14(18)11-16(13)17/h5-6,11-12H,2-4,7-10,19H2,1H3. The summed E-state index contributed by atoms with van der Waals surface area (Å²) in [6, 6.07) is 4.46. The fraction of sp³-hybridized carbons (Fsp3) is 0.562. The van der Waals surface area contributed by atoms with E-state index in [9.17, 15) is 9.18 Å². The van der Waals surface area contributed by atoms with Crippen molar-refractivity contribution in [3.8, 4) is 0 Å². The van der Waals surface area contributed by atoms with Crippen LogP contribution in [0.15, 0.2) is 22.7 Å².